The summed E-state index contributed by atoms with van der Waals surface area (Å²) in [7, 11) is 0. The quantitative estimate of drug-likeness (QED) is 0.739. The van der Waals surface area contributed by atoms with Crippen LogP contribution in [0.5, 0.6) is 0 Å². The van der Waals surface area contributed by atoms with Gasteiger partial charge in [-0.3, -0.25) is 14.6 Å². The zero-order valence-corrected chi connectivity index (χ0v) is 15.0. The molecule has 0 saturated heterocycles. The fraction of sp³-hybridized carbons (Fsp3) is 0.263. The second-order valence-electron chi connectivity index (χ2n) is 6.15. The first-order valence-electron chi connectivity index (χ1n) is 8.48. The van der Waals surface area contributed by atoms with Crippen LogP contribution in [0.3, 0.4) is 0 Å². The van der Waals surface area contributed by atoms with Gasteiger partial charge in [-0.05, 0) is 25.8 Å². The highest BCUT2D eigenvalue weighted by Gasteiger charge is 2.21. The van der Waals surface area contributed by atoms with E-state index in [1.165, 1.54) is 10.7 Å². The van der Waals surface area contributed by atoms with Crippen molar-refractivity contribution in [3.8, 4) is 5.95 Å². The predicted octanol–water partition coefficient (Wildman–Crippen LogP) is 2.70. The van der Waals surface area contributed by atoms with Gasteiger partial charge in [0.1, 0.15) is 5.82 Å². The average Bonchev–Trinajstić information content (AvgIpc) is 2.96. The third-order valence-corrected chi connectivity index (χ3v) is 4.07. The van der Waals surface area contributed by atoms with E-state index in [9.17, 15) is 9.59 Å². The second-order valence-corrected chi connectivity index (χ2v) is 6.15. The fourth-order valence-electron chi connectivity index (χ4n) is 2.88. The van der Waals surface area contributed by atoms with Gasteiger partial charge in [0, 0.05) is 17.8 Å². The number of nitrogens with zero attached hydrogens (tertiary/aromatic N) is 3. The van der Waals surface area contributed by atoms with Crippen LogP contribution in [-0.4, -0.2) is 25.7 Å². The lowest BCUT2D eigenvalue weighted by Gasteiger charge is -2.16. The topological polar surface area (TPSA) is 92.7 Å². The molecule has 0 unspecified atom stereocenters. The molecular formula is C19H21N5O2. The summed E-state index contributed by atoms with van der Waals surface area (Å²) < 4.78 is 1.44. The molecule has 2 N–H and O–H groups in total. The van der Waals surface area contributed by atoms with Crippen LogP contribution in [0.15, 0.2) is 47.3 Å². The predicted molar refractivity (Wildman–Crippen MR) is 99.6 cm³/mol. The Morgan fingerprint density at radius 3 is 2.58 bits per heavy atom. The molecule has 2 aromatic heterocycles. The summed E-state index contributed by atoms with van der Waals surface area (Å²) in [4.78, 5) is 31.5. The molecule has 3 aromatic rings. The Bertz CT molecular complexity index is 975. The van der Waals surface area contributed by atoms with Crippen molar-refractivity contribution in [1.82, 2.24) is 19.7 Å². The summed E-state index contributed by atoms with van der Waals surface area (Å²) in [5.74, 6) is 0.334. The van der Waals surface area contributed by atoms with Crippen molar-refractivity contribution in [3.05, 3.63) is 69.8 Å². The highest BCUT2D eigenvalue weighted by molar-refractivity contribution is 5.95. The number of rotatable bonds is 5. The van der Waals surface area contributed by atoms with E-state index in [0.29, 0.717) is 23.6 Å². The highest BCUT2D eigenvalue weighted by Crippen LogP contribution is 2.22. The van der Waals surface area contributed by atoms with Crippen LogP contribution in [0.25, 0.3) is 5.95 Å². The van der Waals surface area contributed by atoms with Crippen molar-refractivity contribution in [2.24, 2.45) is 0 Å². The Labute approximate surface area is 151 Å². The zero-order valence-electron chi connectivity index (χ0n) is 15.0. The van der Waals surface area contributed by atoms with Gasteiger partial charge in [0.15, 0.2) is 0 Å². The van der Waals surface area contributed by atoms with Crippen molar-refractivity contribution in [2.75, 3.05) is 5.32 Å². The minimum Gasteiger partial charge on any atom is -0.310 e. The number of carbonyl (C=O) groups excluding carboxylic acids is 1. The molecule has 1 atom stereocenters. The molecule has 1 aromatic carbocycles. The van der Waals surface area contributed by atoms with Gasteiger partial charge in [-0.2, -0.15) is 9.78 Å². The van der Waals surface area contributed by atoms with Gasteiger partial charge in [0.05, 0.1) is 11.6 Å². The summed E-state index contributed by atoms with van der Waals surface area (Å²) in [5, 5.41) is 7.26. The highest BCUT2D eigenvalue weighted by atomic mass is 16.2. The molecule has 1 amide bonds. The van der Waals surface area contributed by atoms with Gasteiger partial charge in [-0.1, -0.05) is 37.3 Å². The molecule has 7 nitrogen and oxygen atoms in total. The van der Waals surface area contributed by atoms with Gasteiger partial charge in [0.25, 0.3) is 5.56 Å². The number of nitrogens with one attached hydrogen (secondary N) is 2. The minimum absolute atomic E-state index is 0.130. The molecule has 0 radical (unpaired) electrons. The van der Waals surface area contributed by atoms with Crippen molar-refractivity contribution in [2.45, 2.75) is 33.1 Å². The Balaban J connectivity index is 1.93. The van der Waals surface area contributed by atoms with E-state index in [1.54, 1.807) is 13.0 Å². The van der Waals surface area contributed by atoms with E-state index in [4.69, 9.17) is 0 Å². The van der Waals surface area contributed by atoms with E-state index in [-0.39, 0.29) is 23.3 Å². The summed E-state index contributed by atoms with van der Waals surface area (Å²) in [6.45, 7) is 5.52. The van der Waals surface area contributed by atoms with Crippen molar-refractivity contribution in [3.63, 3.8) is 0 Å². The number of benzene rings is 1. The SMILES string of the molecule is CC[C@@H](C(=O)Nc1cc(C)nn1-c1nc(C)cc(=O)[nH]1)c1ccccc1. The first kappa shape index (κ1) is 17.6. The zero-order chi connectivity index (χ0) is 18.7. The number of hydrogen-bond acceptors (Lipinski definition) is 4. The van der Waals surface area contributed by atoms with Crippen LogP contribution in [0, 0.1) is 13.8 Å². The van der Waals surface area contributed by atoms with Gasteiger partial charge < -0.3 is 5.32 Å². The number of H-pyrrole nitrogens is 1. The normalized spacial score (nSPS) is 12.0. The van der Waals surface area contributed by atoms with Crippen LogP contribution >= 0.6 is 0 Å². The number of aromatic amines is 1. The van der Waals surface area contributed by atoms with Crippen LogP contribution < -0.4 is 10.9 Å². The average molecular weight is 351 g/mol. The maximum atomic E-state index is 12.8. The largest absolute Gasteiger partial charge is 0.310 e. The Morgan fingerprint density at radius 1 is 1.19 bits per heavy atom. The third kappa shape index (κ3) is 3.72. The van der Waals surface area contributed by atoms with E-state index in [2.05, 4.69) is 20.4 Å². The molecule has 26 heavy (non-hydrogen) atoms. The lowest BCUT2D eigenvalue weighted by molar-refractivity contribution is -0.117. The van der Waals surface area contributed by atoms with E-state index in [0.717, 1.165) is 5.56 Å². The summed E-state index contributed by atoms with van der Waals surface area (Å²) in [5.41, 5.74) is 1.97. The number of aryl methyl sites for hydroxylation is 2. The molecule has 0 saturated carbocycles. The molecule has 2 heterocycles. The van der Waals surface area contributed by atoms with Crippen molar-refractivity contribution < 1.29 is 4.79 Å². The van der Waals surface area contributed by atoms with Gasteiger partial charge in [-0.15, -0.1) is 0 Å². The maximum absolute atomic E-state index is 12.8. The van der Waals surface area contributed by atoms with Crippen molar-refractivity contribution in [1.29, 1.82) is 0 Å². The third-order valence-electron chi connectivity index (χ3n) is 4.07. The molecule has 134 valence electrons. The minimum atomic E-state index is -0.274. The molecule has 0 aliphatic rings. The Morgan fingerprint density at radius 2 is 1.92 bits per heavy atom. The standard InChI is InChI=1S/C19H21N5O2/c1-4-15(14-8-6-5-7-9-14)18(26)21-16-10-13(3)23-24(16)19-20-12(2)11-17(25)22-19/h5-11,15H,4H2,1-3H3,(H,21,26)(H,20,22,25)/t15-/m1/s1. The van der Waals surface area contributed by atoms with Crippen molar-refractivity contribution >= 4 is 11.7 Å². The van der Waals surface area contributed by atoms with Crippen LogP contribution in [-0.2, 0) is 4.79 Å². The lowest BCUT2D eigenvalue weighted by atomic mass is 9.96. The molecule has 0 spiro atoms. The van der Waals surface area contributed by atoms with E-state index in [1.807, 2.05) is 44.2 Å². The molecule has 0 bridgehead atoms. The van der Waals surface area contributed by atoms with Crippen LogP contribution in [0.2, 0.25) is 0 Å². The lowest BCUT2D eigenvalue weighted by Crippen LogP contribution is -2.23. The number of carbonyl (C=O) groups is 1. The molecule has 0 fully saturated rings. The number of amides is 1. The van der Waals surface area contributed by atoms with Gasteiger partial charge in [-0.25, -0.2) is 4.98 Å². The Kier molecular flexibility index (Phi) is 4.97. The molecule has 7 heteroatoms. The van der Waals surface area contributed by atoms with E-state index < -0.39 is 0 Å². The monoisotopic (exact) mass is 351 g/mol. The van der Waals surface area contributed by atoms with Gasteiger partial charge >= 0.3 is 0 Å². The maximum Gasteiger partial charge on any atom is 0.252 e. The van der Waals surface area contributed by atoms with Crippen LogP contribution in [0.4, 0.5) is 5.82 Å². The van der Waals surface area contributed by atoms with E-state index >= 15 is 0 Å². The molecular weight excluding hydrogens is 330 g/mol. The van der Waals surface area contributed by atoms with Gasteiger partial charge in [0.2, 0.25) is 11.9 Å². The molecule has 3 rings (SSSR count). The molecule has 0 aliphatic carbocycles. The summed E-state index contributed by atoms with van der Waals surface area (Å²) >= 11 is 0. The fourth-order valence-corrected chi connectivity index (χ4v) is 2.88. The van der Waals surface area contributed by atoms with Crippen LogP contribution in [0.1, 0.15) is 36.2 Å². The number of hydrogen-bond donors (Lipinski definition) is 2. The Hall–Kier alpha value is -3.22. The second kappa shape index (κ2) is 7.35. The number of aromatic nitrogens is 4. The first-order chi connectivity index (χ1) is 12.5. The smallest absolute Gasteiger partial charge is 0.252 e. The first-order valence-corrected chi connectivity index (χ1v) is 8.48. The molecule has 0 aliphatic heterocycles. The summed E-state index contributed by atoms with van der Waals surface area (Å²) in [6, 6.07) is 12.8. The summed E-state index contributed by atoms with van der Waals surface area (Å²) in [6.07, 6.45) is 0.669. The number of anilines is 1.